The predicted octanol–water partition coefficient (Wildman–Crippen LogP) is 1.95. The lowest BCUT2D eigenvalue weighted by molar-refractivity contribution is -0.136. The van der Waals surface area contributed by atoms with Crippen molar-refractivity contribution in [1.82, 2.24) is 5.32 Å². The zero-order valence-electron chi connectivity index (χ0n) is 13.9. The van der Waals surface area contributed by atoms with Crippen LogP contribution < -0.4 is 20.3 Å². The maximum Gasteiger partial charge on any atom is 0.313 e. The Morgan fingerprint density at radius 1 is 1.19 bits per heavy atom. The Balaban J connectivity index is 1.62. The number of hydrogen-bond acceptors (Lipinski definition) is 4. The average molecular weight is 374 g/mol. The molecule has 2 aromatic rings. The SMILES string of the molecule is CN1C(=O)COc2ccc(NC(=O)C(=O)NCc3cccc(Cl)c3)cc21. The molecule has 0 atom stereocenters. The molecule has 0 fully saturated rings. The highest BCUT2D eigenvalue weighted by Crippen LogP contribution is 2.33. The van der Waals surface area contributed by atoms with Crippen molar-refractivity contribution in [2.75, 3.05) is 23.9 Å². The molecule has 26 heavy (non-hydrogen) atoms. The zero-order chi connectivity index (χ0) is 18.7. The summed E-state index contributed by atoms with van der Waals surface area (Å²) in [5, 5.41) is 5.58. The normalized spacial score (nSPS) is 12.8. The third-order valence-corrected chi connectivity index (χ3v) is 4.09. The summed E-state index contributed by atoms with van der Waals surface area (Å²) in [6.45, 7) is 0.156. The van der Waals surface area contributed by atoms with Crippen molar-refractivity contribution < 1.29 is 19.1 Å². The number of nitrogens with zero attached hydrogens (tertiary/aromatic N) is 1. The maximum absolute atomic E-state index is 12.1. The first-order valence-corrected chi connectivity index (χ1v) is 8.19. The summed E-state index contributed by atoms with van der Waals surface area (Å²) in [6, 6.07) is 11.8. The lowest BCUT2D eigenvalue weighted by atomic mass is 10.2. The van der Waals surface area contributed by atoms with Gasteiger partial charge in [-0.15, -0.1) is 0 Å². The van der Waals surface area contributed by atoms with E-state index in [2.05, 4.69) is 10.6 Å². The lowest BCUT2D eigenvalue weighted by Gasteiger charge is -2.26. The van der Waals surface area contributed by atoms with E-state index in [1.807, 2.05) is 0 Å². The van der Waals surface area contributed by atoms with Crippen molar-refractivity contribution in [3.63, 3.8) is 0 Å². The van der Waals surface area contributed by atoms with Gasteiger partial charge in [0.05, 0.1) is 5.69 Å². The average Bonchev–Trinajstić information content (AvgIpc) is 2.63. The number of anilines is 2. The second-order valence-corrected chi connectivity index (χ2v) is 6.13. The van der Waals surface area contributed by atoms with Gasteiger partial charge in [-0.1, -0.05) is 23.7 Å². The molecule has 2 aromatic carbocycles. The van der Waals surface area contributed by atoms with Gasteiger partial charge in [-0.3, -0.25) is 14.4 Å². The minimum Gasteiger partial charge on any atom is -0.482 e. The van der Waals surface area contributed by atoms with Crippen molar-refractivity contribution >= 4 is 40.7 Å². The first-order valence-electron chi connectivity index (χ1n) is 7.81. The van der Waals surface area contributed by atoms with E-state index in [9.17, 15) is 14.4 Å². The fraction of sp³-hybridized carbons (Fsp3) is 0.167. The highest BCUT2D eigenvalue weighted by atomic mass is 35.5. The molecule has 134 valence electrons. The van der Waals surface area contributed by atoms with E-state index in [1.165, 1.54) is 4.90 Å². The van der Waals surface area contributed by atoms with Crippen LogP contribution in [-0.4, -0.2) is 31.4 Å². The van der Waals surface area contributed by atoms with Crippen LogP contribution in [0.15, 0.2) is 42.5 Å². The number of benzene rings is 2. The summed E-state index contributed by atoms with van der Waals surface area (Å²) in [6.07, 6.45) is 0. The highest BCUT2D eigenvalue weighted by molar-refractivity contribution is 6.39. The van der Waals surface area contributed by atoms with Crippen LogP contribution in [0.2, 0.25) is 5.02 Å². The third kappa shape index (κ3) is 3.94. The van der Waals surface area contributed by atoms with Crippen LogP contribution in [0.4, 0.5) is 11.4 Å². The second-order valence-electron chi connectivity index (χ2n) is 5.69. The third-order valence-electron chi connectivity index (χ3n) is 3.85. The smallest absolute Gasteiger partial charge is 0.313 e. The first kappa shape index (κ1) is 17.8. The van der Waals surface area contributed by atoms with E-state index >= 15 is 0 Å². The van der Waals surface area contributed by atoms with Crippen molar-refractivity contribution in [2.45, 2.75) is 6.54 Å². The van der Waals surface area contributed by atoms with E-state index in [-0.39, 0.29) is 19.1 Å². The van der Waals surface area contributed by atoms with Crippen LogP contribution in [0.5, 0.6) is 5.75 Å². The second kappa shape index (κ2) is 7.45. The Labute approximate surface area is 154 Å². The number of carbonyl (C=O) groups excluding carboxylic acids is 3. The number of carbonyl (C=O) groups is 3. The molecule has 7 nitrogen and oxygen atoms in total. The van der Waals surface area contributed by atoms with Gasteiger partial charge in [0.15, 0.2) is 6.61 Å². The summed E-state index contributed by atoms with van der Waals surface area (Å²) < 4.78 is 5.32. The molecule has 1 heterocycles. The Kier molecular flexibility index (Phi) is 5.09. The van der Waals surface area contributed by atoms with Crippen molar-refractivity contribution in [1.29, 1.82) is 0 Å². The molecule has 0 unspecified atom stereocenters. The van der Waals surface area contributed by atoms with E-state index < -0.39 is 11.8 Å². The van der Waals surface area contributed by atoms with E-state index in [1.54, 1.807) is 49.5 Å². The van der Waals surface area contributed by atoms with Crippen molar-refractivity contribution in [3.8, 4) is 5.75 Å². The number of halogens is 1. The lowest BCUT2D eigenvalue weighted by Crippen LogP contribution is -2.36. The van der Waals surface area contributed by atoms with Gasteiger partial charge in [0.2, 0.25) is 0 Å². The Morgan fingerprint density at radius 2 is 2.00 bits per heavy atom. The number of fused-ring (bicyclic) bond motifs is 1. The van der Waals surface area contributed by atoms with Crippen molar-refractivity contribution in [2.24, 2.45) is 0 Å². The molecule has 2 N–H and O–H groups in total. The standard InChI is InChI=1S/C18H16ClN3O4/c1-22-14-8-13(5-6-15(14)26-10-16(22)23)21-18(25)17(24)20-9-11-3-2-4-12(19)7-11/h2-8H,9-10H2,1H3,(H,20,24)(H,21,25). The molecule has 1 aliphatic rings. The molecule has 3 rings (SSSR count). The largest absolute Gasteiger partial charge is 0.482 e. The van der Waals surface area contributed by atoms with E-state index in [0.717, 1.165) is 5.56 Å². The molecule has 0 aliphatic carbocycles. The topological polar surface area (TPSA) is 87.7 Å². The van der Waals surface area contributed by atoms with E-state index in [0.29, 0.717) is 22.1 Å². The number of likely N-dealkylation sites (N-methyl/N-ethyl adjacent to an activating group) is 1. The number of ether oxygens (including phenoxy) is 1. The maximum atomic E-state index is 12.1. The van der Waals surface area contributed by atoms with Gasteiger partial charge in [-0.05, 0) is 35.9 Å². The number of hydrogen-bond donors (Lipinski definition) is 2. The molecule has 3 amide bonds. The molecule has 0 aromatic heterocycles. The quantitative estimate of drug-likeness (QED) is 0.805. The molecule has 8 heteroatoms. The van der Waals surface area contributed by atoms with Gasteiger partial charge >= 0.3 is 11.8 Å². The van der Waals surface area contributed by atoms with Crippen LogP contribution in [-0.2, 0) is 20.9 Å². The zero-order valence-corrected chi connectivity index (χ0v) is 14.7. The van der Waals surface area contributed by atoms with Gasteiger partial charge in [0.25, 0.3) is 5.91 Å². The summed E-state index contributed by atoms with van der Waals surface area (Å²) in [5.74, 6) is -1.24. The predicted molar refractivity (Wildman–Crippen MR) is 97.3 cm³/mol. The van der Waals surface area contributed by atoms with Gasteiger partial charge in [-0.25, -0.2) is 0 Å². The number of rotatable bonds is 3. The molecule has 0 saturated carbocycles. The summed E-state index contributed by atoms with van der Waals surface area (Å²) >= 11 is 5.88. The summed E-state index contributed by atoms with van der Waals surface area (Å²) in [5.41, 5.74) is 1.69. The van der Waals surface area contributed by atoms with Gasteiger partial charge < -0.3 is 20.3 Å². The van der Waals surface area contributed by atoms with Crippen LogP contribution in [0.25, 0.3) is 0 Å². The van der Waals surface area contributed by atoms with Gasteiger partial charge in [0, 0.05) is 24.3 Å². The Bertz CT molecular complexity index is 884. The summed E-state index contributed by atoms with van der Waals surface area (Å²) in [7, 11) is 1.62. The van der Waals surface area contributed by atoms with Crippen LogP contribution in [0.1, 0.15) is 5.56 Å². The van der Waals surface area contributed by atoms with Crippen LogP contribution in [0.3, 0.4) is 0 Å². The number of amides is 3. The minimum absolute atomic E-state index is 0.0267. The minimum atomic E-state index is -0.808. The first-order chi connectivity index (χ1) is 12.4. The fourth-order valence-electron chi connectivity index (χ4n) is 2.45. The van der Waals surface area contributed by atoms with Crippen LogP contribution >= 0.6 is 11.6 Å². The molecule has 0 bridgehead atoms. The molecular formula is C18H16ClN3O4. The fourth-order valence-corrected chi connectivity index (χ4v) is 2.66. The monoisotopic (exact) mass is 373 g/mol. The Hall–Kier alpha value is -3.06. The molecule has 1 aliphatic heterocycles. The van der Waals surface area contributed by atoms with Gasteiger partial charge in [0.1, 0.15) is 5.75 Å². The highest BCUT2D eigenvalue weighted by Gasteiger charge is 2.23. The molecular weight excluding hydrogens is 358 g/mol. The summed E-state index contributed by atoms with van der Waals surface area (Å²) in [4.78, 5) is 37.1. The molecule has 0 spiro atoms. The van der Waals surface area contributed by atoms with Crippen molar-refractivity contribution in [3.05, 3.63) is 53.1 Å². The molecule has 0 saturated heterocycles. The van der Waals surface area contributed by atoms with Crippen LogP contribution in [0, 0.1) is 0 Å². The molecule has 0 radical (unpaired) electrons. The van der Waals surface area contributed by atoms with Gasteiger partial charge in [-0.2, -0.15) is 0 Å². The Morgan fingerprint density at radius 3 is 2.77 bits per heavy atom. The van der Waals surface area contributed by atoms with E-state index in [4.69, 9.17) is 16.3 Å². The number of nitrogens with one attached hydrogen (secondary N) is 2.